The summed E-state index contributed by atoms with van der Waals surface area (Å²) in [5.41, 5.74) is 1.68. The number of carbonyl (C=O) groups excluding carboxylic acids is 2. The van der Waals surface area contributed by atoms with E-state index in [4.69, 9.17) is 9.47 Å². The molecule has 2 atom stereocenters. The first-order valence-corrected chi connectivity index (χ1v) is 8.23. The summed E-state index contributed by atoms with van der Waals surface area (Å²) in [4.78, 5) is 27.4. The zero-order chi connectivity index (χ0) is 16.1. The summed E-state index contributed by atoms with van der Waals surface area (Å²) in [6.07, 6.45) is -0.821. The topological polar surface area (TPSA) is 59.1 Å². The van der Waals surface area contributed by atoms with Crippen LogP contribution in [0.3, 0.4) is 0 Å². The quantitative estimate of drug-likeness (QED) is 0.588. The number of likely N-dealkylation sites (tertiary alicyclic amines) is 1. The van der Waals surface area contributed by atoms with Crippen molar-refractivity contribution in [3.8, 4) is 0 Å². The highest BCUT2D eigenvalue weighted by molar-refractivity contribution is 9.10. The number of anilines is 1. The van der Waals surface area contributed by atoms with Gasteiger partial charge in [0, 0.05) is 11.0 Å². The summed E-state index contributed by atoms with van der Waals surface area (Å²) >= 11 is 7.22. The molecule has 0 bridgehead atoms. The number of hydrogen-bond acceptors (Lipinski definition) is 4. The Hall–Kier alpha value is -1.28. The van der Waals surface area contributed by atoms with Crippen LogP contribution in [0.4, 0.5) is 15.3 Å². The third kappa shape index (κ3) is 2.04. The molecule has 1 fully saturated rings. The van der Waals surface area contributed by atoms with E-state index < -0.39 is 22.7 Å². The Morgan fingerprint density at radius 1 is 1.27 bits per heavy atom. The first-order valence-electron chi connectivity index (χ1n) is 6.64. The second kappa shape index (κ2) is 5.42. The number of hydrogen-bond donors (Lipinski definition) is 0. The van der Waals surface area contributed by atoms with Crippen LogP contribution in [0.2, 0.25) is 0 Å². The Kier molecular flexibility index (Phi) is 3.84. The van der Waals surface area contributed by atoms with Crippen molar-refractivity contribution in [2.24, 2.45) is 0 Å². The number of ether oxygens (including phenoxy) is 2. The molecule has 6 nitrogen and oxygen atoms in total. The van der Waals surface area contributed by atoms with E-state index in [0.29, 0.717) is 13.0 Å². The van der Waals surface area contributed by atoms with Crippen molar-refractivity contribution >= 4 is 49.7 Å². The Labute approximate surface area is 144 Å². The van der Waals surface area contributed by atoms with Gasteiger partial charge >= 0.3 is 12.2 Å². The summed E-state index contributed by atoms with van der Waals surface area (Å²) < 4.78 is 10.1. The highest BCUT2D eigenvalue weighted by atomic mass is 79.9. The van der Waals surface area contributed by atoms with Crippen LogP contribution in [0.1, 0.15) is 12.0 Å². The average molecular weight is 434 g/mol. The molecule has 1 saturated heterocycles. The van der Waals surface area contributed by atoms with E-state index in [1.165, 1.54) is 19.1 Å². The van der Waals surface area contributed by atoms with Crippen LogP contribution in [0.25, 0.3) is 0 Å². The molecule has 2 aliphatic heterocycles. The minimum atomic E-state index is -0.533. The summed E-state index contributed by atoms with van der Waals surface area (Å²) in [5.74, 6) is 0. The molecule has 3 rings (SSSR count). The molecule has 1 aromatic rings. The smallest absolute Gasteiger partial charge is 0.415 e. The van der Waals surface area contributed by atoms with Gasteiger partial charge in [-0.3, -0.25) is 9.80 Å². The van der Waals surface area contributed by atoms with Gasteiger partial charge in [0.05, 0.1) is 24.2 Å². The van der Waals surface area contributed by atoms with E-state index in [2.05, 4.69) is 31.9 Å². The number of benzene rings is 1. The van der Waals surface area contributed by atoms with Crippen molar-refractivity contribution < 1.29 is 19.1 Å². The van der Waals surface area contributed by atoms with Gasteiger partial charge in [-0.25, -0.2) is 9.59 Å². The highest BCUT2D eigenvalue weighted by Gasteiger charge is 2.60. The number of halogens is 2. The van der Waals surface area contributed by atoms with Crippen LogP contribution >= 0.6 is 31.9 Å². The third-order valence-electron chi connectivity index (χ3n) is 4.11. The van der Waals surface area contributed by atoms with Gasteiger partial charge in [0.2, 0.25) is 0 Å². The van der Waals surface area contributed by atoms with Gasteiger partial charge in [0.1, 0.15) is 6.17 Å². The maximum atomic E-state index is 12.3. The standard InChI is InChI=1S/C14H14Br2N2O4/c1-21-12(19)17-6-5-14(16)9-7-8(15)3-4-10(9)18(11(14)17)13(20)22-2/h3-4,7,11H,5-6H2,1-2H3/t11-,14-/m1/s1. The number of nitrogens with zero attached hydrogens (tertiary/aromatic N) is 2. The first-order chi connectivity index (χ1) is 10.4. The Balaban J connectivity index is 2.16. The summed E-state index contributed by atoms with van der Waals surface area (Å²) in [6.45, 7) is 0.488. The minimum Gasteiger partial charge on any atom is -0.453 e. The molecule has 2 amide bonds. The van der Waals surface area contributed by atoms with Crippen molar-refractivity contribution in [1.82, 2.24) is 4.90 Å². The van der Waals surface area contributed by atoms with Gasteiger partial charge in [-0.1, -0.05) is 31.9 Å². The van der Waals surface area contributed by atoms with E-state index >= 15 is 0 Å². The summed E-state index contributed by atoms with van der Waals surface area (Å²) in [6, 6.07) is 5.66. The van der Waals surface area contributed by atoms with Crippen molar-refractivity contribution in [2.45, 2.75) is 16.9 Å². The molecular weight excluding hydrogens is 420 g/mol. The number of fused-ring (bicyclic) bond motifs is 3. The lowest BCUT2D eigenvalue weighted by Gasteiger charge is -2.32. The second-order valence-corrected chi connectivity index (χ2v) is 7.48. The highest BCUT2D eigenvalue weighted by Crippen LogP contribution is 2.56. The normalized spacial score (nSPS) is 25.7. The maximum Gasteiger partial charge on any atom is 0.415 e. The lowest BCUT2D eigenvalue weighted by Crippen LogP contribution is -2.52. The Morgan fingerprint density at radius 2 is 1.95 bits per heavy atom. The number of carbonyl (C=O) groups is 2. The van der Waals surface area contributed by atoms with Crippen molar-refractivity contribution in [1.29, 1.82) is 0 Å². The van der Waals surface area contributed by atoms with Crippen LogP contribution in [-0.2, 0) is 13.8 Å². The largest absolute Gasteiger partial charge is 0.453 e. The molecule has 1 aromatic carbocycles. The van der Waals surface area contributed by atoms with Crippen molar-refractivity contribution in [2.75, 3.05) is 25.7 Å². The summed E-state index contributed by atoms with van der Waals surface area (Å²) in [7, 11) is 2.66. The molecule has 0 radical (unpaired) electrons. The molecule has 0 saturated carbocycles. The van der Waals surface area contributed by atoms with E-state index in [0.717, 1.165) is 15.7 Å². The second-order valence-electron chi connectivity index (χ2n) is 5.15. The maximum absolute atomic E-state index is 12.3. The van der Waals surface area contributed by atoms with Gasteiger partial charge in [-0.05, 0) is 30.2 Å². The SMILES string of the molecule is COC(=O)N1CC[C@@]2(Br)c3cc(Br)ccc3N(C(=O)OC)[C@@H]12. The fourth-order valence-corrected chi connectivity index (χ4v) is 4.50. The van der Waals surface area contributed by atoms with E-state index in [9.17, 15) is 9.59 Å². The predicted octanol–water partition coefficient (Wildman–Crippen LogP) is 3.42. The molecule has 22 heavy (non-hydrogen) atoms. The molecule has 0 aliphatic carbocycles. The van der Waals surface area contributed by atoms with Crippen molar-refractivity contribution in [3.63, 3.8) is 0 Å². The van der Waals surface area contributed by atoms with Crippen LogP contribution in [0.5, 0.6) is 0 Å². The monoisotopic (exact) mass is 432 g/mol. The number of alkyl halides is 1. The lowest BCUT2D eigenvalue weighted by molar-refractivity contribution is 0.114. The molecule has 8 heteroatoms. The Bertz CT molecular complexity index is 654. The fraction of sp³-hybridized carbons (Fsp3) is 0.429. The van der Waals surface area contributed by atoms with E-state index in [1.807, 2.05) is 18.2 Å². The zero-order valence-corrected chi connectivity index (χ0v) is 15.2. The zero-order valence-electron chi connectivity index (χ0n) is 12.0. The molecule has 0 unspecified atom stereocenters. The number of amides is 2. The first kappa shape index (κ1) is 15.6. The molecule has 2 aliphatic rings. The van der Waals surface area contributed by atoms with Gasteiger partial charge in [0.15, 0.2) is 0 Å². The van der Waals surface area contributed by atoms with Crippen LogP contribution in [0.15, 0.2) is 22.7 Å². The average Bonchev–Trinajstić information content (AvgIpc) is 2.97. The van der Waals surface area contributed by atoms with Crippen molar-refractivity contribution in [3.05, 3.63) is 28.2 Å². The van der Waals surface area contributed by atoms with E-state index in [-0.39, 0.29) is 0 Å². The van der Waals surface area contributed by atoms with Crippen LogP contribution in [0, 0.1) is 0 Å². The molecule has 2 heterocycles. The Morgan fingerprint density at radius 3 is 2.59 bits per heavy atom. The molecular formula is C14H14Br2N2O4. The van der Waals surface area contributed by atoms with Gasteiger partial charge < -0.3 is 9.47 Å². The number of rotatable bonds is 0. The lowest BCUT2D eigenvalue weighted by atomic mass is 9.98. The molecule has 0 aromatic heterocycles. The number of methoxy groups -OCH3 is 2. The predicted molar refractivity (Wildman–Crippen MR) is 87.1 cm³/mol. The van der Waals surface area contributed by atoms with Crippen LogP contribution < -0.4 is 4.90 Å². The van der Waals surface area contributed by atoms with Gasteiger partial charge in [-0.2, -0.15) is 0 Å². The molecule has 0 N–H and O–H groups in total. The minimum absolute atomic E-state index is 0.466. The van der Waals surface area contributed by atoms with Crippen LogP contribution in [-0.4, -0.2) is 44.0 Å². The summed E-state index contributed by atoms with van der Waals surface area (Å²) in [5, 5.41) is 0. The van der Waals surface area contributed by atoms with Gasteiger partial charge in [-0.15, -0.1) is 0 Å². The molecule has 0 spiro atoms. The molecule has 118 valence electrons. The van der Waals surface area contributed by atoms with Gasteiger partial charge in [0.25, 0.3) is 0 Å². The van der Waals surface area contributed by atoms with E-state index in [1.54, 1.807) is 4.90 Å². The third-order valence-corrected chi connectivity index (χ3v) is 5.84. The fourth-order valence-electron chi connectivity index (χ4n) is 3.19.